The molecule has 2 aromatic carbocycles. The Kier molecular flexibility index (Phi) is 10.3. The summed E-state index contributed by atoms with van der Waals surface area (Å²) in [4.78, 5) is 25.2. The molecule has 1 saturated heterocycles. The lowest BCUT2D eigenvalue weighted by molar-refractivity contribution is -0.192. The second-order valence-corrected chi connectivity index (χ2v) is 11.1. The van der Waals surface area contributed by atoms with E-state index in [1.807, 2.05) is 0 Å². The Morgan fingerprint density at radius 2 is 1.52 bits per heavy atom. The molecule has 1 aliphatic carbocycles. The van der Waals surface area contributed by atoms with Gasteiger partial charge in [-0.1, -0.05) is 19.3 Å². The molecule has 1 aliphatic heterocycles. The van der Waals surface area contributed by atoms with Crippen molar-refractivity contribution in [2.75, 3.05) is 42.9 Å². The van der Waals surface area contributed by atoms with E-state index in [2.05, 4.69) is 14.5 Å². The highest BCUT2D eigenvalue weighted by molar-refractivity contribution is 7.92. The molecular formula is C26H32F3N3O7S. The highest BCUT2D eigenvalue weighted by Gasteiger charge is 2.38. The summed E-state index contributed by atoms with van der Waals surface area (Å²) in [6.07, 6.45) is 1.32. The second-order valence-electron chi connectivity index (χ2n) is 9.44. The fraction of sp³-hybridized carbons (Fsp3) is 0.462. The first-order valence-corrected chi connectivity index (χ1v) is 14.1. The minimum atomic E-state index is -5.08. The molecule has 2 aromatic rings. The van der Waals surface area contributed by atoms with Crippen molar-refractivity contribution >= 4 is 33.3 Å². The Labute approximate surface area is 230 Å². The first kappa shape index (κ1) is 31.0. The van der Waals surface area contributed by atoms with Crippen molar-refractivity contribution in [3.63, 3.8) is 0 Å². The van der Waals surface area contributed by atoms with Crippen LogP contribution in [-0.2, 0) is 14.8 Å². The van der Waals surface area contributed by atoms with Crippen molar-refractivity contribution in [2.24, 2.45) is 0 Å². The van der Waals surface area contributed by atoms with Crippen molar-refractivity contribution in [1.82, 2.24) is 4.90 Å². The minimum Gasteiger partial charge on any atom is -0.497 e. The number of nitrogens with zero attached hydrogens (tertiary/aromatic N) is 2. The van der Waals surface area contributed by atoms with Gasteiger partial charge in [-0.2, -0.15) is 13.2 Å². The summed E-state index contributed by atoms with van der Waals surface area (Å²) in [6.45, 7) is 3.35. The number of piperazine rings is 1. The molecule has 0 spiro atoms. The van der Waals surface area contributed by atoms with Crippen LogP contribution in [-0.4, -0.2) is 81.0 Å². The number of carboxylic acid groups (broad SMARTS) is 2. The number of rotatable bonds is 7. The maximum atomic E-state index is 13.0. The van der Waals surface area contributed by atoms with Gasteiger partial charge in [-0.3, -0.25) is 9.62 Å². The van der Waals surface area contributed by atoms with Gasteiger partial charge >= 0.3 is 18.1 Å². The van der Waals surface area contributed by atoms with Gasteiger partial charge in [-0.25, -0.2) is 18.0 Å². The Morgan fingerprint density at radius 1 is 0.950 bits per heavy atom. The monoisotopic (exact) mass is 587 g/mol. The van der Waals surface area contributed by atoms with Crippen molar-refractivity contribution in [2.45, 2.75) is 49.2 Å². The molecule has 0 amide bonds. The number of sulfonamides is 1. The number of anilines is 2. The van der Waals surface area contributed by atoms with E-state index < -0.39 is 28.1 Å². The molecule has 14 heteroatoms. The number of halogens is 3. The first-order chi connectivity index (χ1) is 18.8. The maximum absolute atomic E-state index is 13.0. The molecule has 0 aromatic heterocycles. The zero-order valence-electron chi connectivity index (χ0n) is 21.9. The Morgan fingerprint density at radius 3 is 2.02 bits per heavy atom. The van der Waals surface area contributed by atoms with Crippen molar-refractivity contribution in [3.8, 4) is 5.75 Å². The number of alkyl halides is 3. The number of aliphatic carboxylic acids is 1. The lowest BCUT2D eigenvalue weighted by Crippen LogP contribution is -2.51. The van der Waals surface area contributed by atoms with E-state index in [0.29, 0.717) is 17.5 Å². The van der Waals surface area contributed by atoms with E-state index >= 15 is 0 Å². The zero-order chi connectivity index (χ0) is 29.5. The van der Waals surface area contributed by atoms with Gasteiger partial charge in [0.25, 0.3) is 10.0 Å². The van der Waals surface area contributed by atoms with Gasteiger partial charge in [-0.15, -0.1) is 0 Å². The predicted molar refractivity (Wildman–Crippen MR) is 142 cm³/mol. The molecule has 0 atom stereocenters. The van der Waals surface area contributed by atoms with Crippen LogP contribution in [0.1, 0.15) is 42.5 Å². The number of ether oxygens (including phenoxy) is 1. The third-order valence-electron chi connectivity index (χ3n) is 6.85. The molecule has 3 N–H and O–H groups in total. The van der Waals surface area contributed by atoms with Crippen LogP contribution < -0.4 is 14.4 Å². The van der Waals surface area contributed by atoms with Gasteiger partial charge in [0.15, 0.2) is 0 Å². The van der Waals surface area contributed by atoms with Gasteiger partial charge in [0.1, 0.15) is 5.75 Å². The van der Waals surface area contributed by atoms with E-state index in [9.17, 15) is 31.5 Å². The molecule has 4 rings (SSSR count). The SMILES string of the molecule is COc1ccc(S(=O)(=O)Nc2cc(C(=O)O)ccc2N2CCN(C3CCCCC3)CC2)cc1.O=C(O)C(F)(F)F. The Balaban J connectivity index is 0.000000559. The van der Waals surface area contributed by atoms with Crippen LogP contribution in [0.2, 0.25) is 0 Å². The first-order valence-electron chi connectivity index (χ1n) is 12.6. The second kappa shape index (κ2) is 13.2. The highest BCUT2D eigenvalue weighted by Crippen LogP contribution is 2.32. The number of hydrogen-bond acceptors (Lipinski definition) is 7. The molecule has 0 unspecified atom stereocenters. The molecule has 1 heterocycles. The maximum Gasteiger partial charge on any atom is 0.490 e. The normalized spacial score (nSPS) is 16.9. The fourth-order valence-electron chi connectivity index (χ4n) is 4.76. The Hall–Kier alpha value is -3.52. The Bertz CT molecular complexity index is 1270. The quantitative estimate of drug-likeness (QED) is 0.434. The van der Waals surface area contributed by atoms with Crippen LogP contribution in [0.5, 0.6) is 5.75 Å². The van der Waals surface area contributed by atoms with E-state index in [-0.39, 0.29) is 16.1 Å². The molecule has 2 fully saturated rings. The third kappa shape index (κ3) is 8.24. The van der Waals surface area contributed by atoms with E-state index in [1.54, 1.807) is 18.2 Å². The number of carboxylic acids is 2. The molecule has 1 saturated carbocycles. The lowest BCUT2D eigenvalue weighted by atomic mass is 9.94. The van der Waals surface area contributed by atoms with E-state index in [0.717, 1.165) is 26.2 Å². The van der Waals surface area contributed by atoms with Gasteiger partial charge < -0.3 is 19.8 Å². The summed E-state index contributed by atoms with van der Waals surface area (Å²) in [5.41, 5.74) is 1.00. The van der Waals surface area contributed by atoms with E-state index in [1.165, 1.54) is 63.5 Å². The zero-order valence-corrected chi connectivity index (χ0v) is 22.7. The average molecular weight is 588 g/mol. The van der Waals surface area contributed by atoms with Gasteiger partial charge in [-0.05, 0) is 55.3 Å². The molecule has 2 aliphatic rings. The van der Waals surface area contributed by atoms with Crippen LogP contribution in [0.4, 0.5) is 24.5 Å². The summed E-state index contributed by atoms with van der Waals surface area (Å²) in [7, 11) is -2.39. The molecule has 0 radical (unpaired) electrons. The van der Waals surface area contributed by atoms with Gasteiger partial charge in [0.2, 0.25) is 0 Å². The largest absolute Gasteiger partial charge is 0.497 e. The number of benzene rings is 2. The standard InChI is InChI=1S/C24H31N3O5S.C2HF3O2/c1-32-20-8-10-21(11-9-20)33(30,31)25-22-17-18(24(28)29)7-12-23(22)27-15-13-26(14-16-27)19-5-3-2-4-6-19;3-2(4,5)1(6)7/h7-12,17,19,25H,2-6,13-16H2,1H3,(H,28,29);(H,6,7). The van der Waals surface area contributed by atoms with Crippen LogP contribution in [0.25, 0.3) is 0 Å². The number of aromatic carboxylic acids is 1. The summed E-state index contributed by atoms with van der Waals surface area (Å²) in [6, 6.07) is 11.3. The average Bonchev–Trinajstić information content (AvgIpc) is 2.93. The van der Waals surface area contributed by atoms with Crippen molar-refractivity contribution in [3.05, 3.63) is 48.0 Å². The third-order valence-corrected chi connectivity index (χ3v) is 8.23. The topological polar surface area (TPSA) is 136 Å². The van der Waals surface area contributed by atoms with E-state index in [4.69, 9.17) is 14.6 Å². The fourth-order valence-corrected chi connectivity index (χ4v) is 5.82. The number of carbonyl (C=O) groups is 2. The predicted octanol–water partition coefficient (Wildman–Crippen LogP) is 4.28. The number of methoxy groups -OCH3 is 1. The van der Waals surface area contributed by atoms with Gasteiger partial charge in [0, 0.05) is 32.2 Å². The summed E-state index contributed by atoms with van der Waals surface area (Å²) in [5, 5.41) is 16.6. The minimum absolute atomic E-state index is 0.0343. The molecule has 0 bridgehead atoms. The van der Waals surface area contributed by atoms with Crippen molar-refractivity contribution in [1.29, 1.82) is 0 Å². The van der Waals surface area contributed by atoms with Crippen molar-refractivity contribution < 1.29 is 46.1 Å². The molecule has 10 nitrogen and oxygen atoms in total. The van der Waals surface area contributed by atoms with Crippen LogP contribution in [0.15, 0.2) is 47.4 Å². The molecular weight excluding hydrogens is 555 g/mol. The molecule has 40 heavy (non-hydrogen) atoms. The number of nitrogens with one attached hydrogen (secondary N) is 1. The summed E-state index contributed by atoms with van der Waals surface area (Å²) in [5.74, 6) is -3.31. The van der Waals surface area contributed by atoms with Gasteiger partial charge in [0.05, 0.1) is 28.9 Å². The lowest BCUT2D eigenvalue weighted by Gasteiger charge is -2.42. The summed E-state index contributed by atoms with van der Waals surface area (Å²) < 4.78 is 65.6. The number of hydrogen-bond donors (Lipinski definition) is 3. The summed E-state index contributed by atoms with van der Waals surface area (Å²) >= 11 is 0. The molecule has 220 valence electrons. The smallest absolute Gasteiger partial charge is 0.490 e. The van der Waals surface area contributed by atoms with Crippen LogP contribution in [0, 0.1) is 0 Å². The highest BCUT2D eigenvalue weighted by atomic mass is 32.2. The van der Waals surface area contributed by atoms with Crippen LogP contribution >= 0.6 is 0 Å². The van der Waals surface area contributed by atoms with Crippen LogP contribution in [0.3, 0.4) is 0 Å².